The predicted molar refractivity (Wildman–Crippen MR) is 95.7 cm³/mol. The maximum absolute atomic E-state index is 12.1. The minimum Gasteiger partial charge on any atom is -0.481 e. The van der Waals surface area contributed by atoms with Crippen LogP contribution in [0.25, 0.3) is 11.5 Å². The summed E-state index contributed by atoms with van der Waals surface area (Å²) in [6, 6.07) is 7.79. The van der Waals surface area contributed by atoms with E-state index < -0.39 is 5.97 Å². The Labute approximate surface area is 152 Å². The third-order valence-electron chi connectivity index (χ3n) is 4.64. The van der Waals surface area contributed by atoms with E-state index in [1.807, 2.05) is 31.2 Å². The van der Waals surface area contributed by atoms with Crippen LogP contribution in [0.5, 0.6) is 0 Å². The summed E-state index contributed by atoms with van der Waals surface area (Å²) < 4.78 is 5.51. The highest BCUT2D eigenvalue weighted by Gasteiger charge is 2.26. The number of aryl methyl sites for hydroxylation is 1. The van der Waals surface area contributed by atoms with Gasteiger partial charge < -0.3 is 19.7 Å². The molecule has 1 aliphatic rings. The van der Waals surface area contributed by atoms with Crippen LogP contribution in [0.15, 0.2) is 34.9 Å². The Kier molecular flexibility index (Phi) is 5.55. The molecule has 2 N–H and O–H groups in total. The summed E-state index contributed by atoms with van der Waals surface area (Å²) in [6.45, 7) is 3.43. The monoisotopic (exact) mass is 357 g/mol. The number of benzene rings is 1. The fourth-order valence-corrected chi connectivity index (χ4v) is 2.99. The molecule has 3 rings (SSSR count). The number of carboxylic acids is 1. The molecule has 1 fully saturated rings. The maximum Gasteiger partial charge on any atom is 0.317 e. The van der Waals surface area contributed by atoms with Crippen molar-refractivity contribution in [2.24, 2.45) is 5.92 Å². The van der Waals surface area contributed by atoms with E-state index in [1.54, 1.807) is 11.2 Å². The Balaban J connectivity index is 1.44. The second-order valence-corrected chi connectivity index (χ2v) is 6.59. The lowest BCUT2D eigenvalue weighted by Crippen LogP contribution is -2.45. The highest BCUT2D eigenvalue weighted by Crippen LogP contribution is 2.19. The smallest absolute Gasteiger partial charge is 0.317 e. The zero-order chi connectivity index (χ0) is 18.5. The van der Waals surface area contributed by atoms with Crippen LogP contribution in [0.2, 0.25) is 0 Å². The van der Waals surface area contributed by atoms with Crippen molar-refractivity contribution in [3.63, 3.8) is 0 Å². The number of oxazole rings is 1. The normalized spacial score (nSPS) is 15.0. The first-order chi connectivity index (χ1) is 12.5. The second kappa shape index (κ2) is 8.03. The van der Waals surface area contributed by atoms with Gasteiger partial charge in [0.2, 0.25) is 5.89 Å². The highest BCUT2D eigenvalue weighted by molar-refractivity contribution is 5.75. The lowest BCUT2D eigenvalue weighted by atomic mass is 9.97. The summed E-state index contributed by atoms with van der Waals surface area (Å²) in [5.41, 5.74) is 2.88. The molecule has 138 valence electrons. The zero-order valence-corrected chi connectivity index (χ0v) is 14.8. The molecule has 0 spiro atoms. The summed E-state index contributed by atoms with van der Waals surface area (Å²) in [5.74, 6) is -0.545. The third-order valence-corrected chi connectivity index (χ3v) is 4.64. The Bertz CT molecular complexity index is 761. The number of rotatable bonds is 5. The Morgan fingerprint density at radius 2 is 1.96 bits per heavy atom. The SMILES string of the molecule is Cc1ccc(-c2nc(CCNC(=O)N3CCC(C(=O)O)CC3)co2)cc1. The van der Waals surface area contributed by atoms with E-state index in [0.29, 0.717) is 44.8 Å². The van der Waals surface area contributed by atoms with E-state index in [9.17, 15) is 9.59 Å². The maximum atomic E-state index is 12.1. The van der Waals surface area contributed by atoms with Crippen LogP contribution in [0.3, 0.4) is 0 Å². The molecule has 7 nitrogen and oxygen atoms in total. The molecule has 2 heterocycles. The molecule has 0 atom stereocenters. The standard InChI is InChI=1S/C19H23N3O4/c1-13-2-4-14(5-3-13)17-21-16(12-26-17)6-9-20-19(25)22-10-7-15(8-11-22)18(23)24/h2-5,12,15H,6-11H2,1H3,(H,20,25)(H,23,24). The van der Waals surface area contributed by atoms with Crippen molar-refractivity contribution < 1.29 is 19.1 Å². The molecule has 1 aliphatic heterocycles. The molecule has 1 aromatic heterocycles. The average Bonchev–Trinajstić information content (AvgIpc) is 3.11. The number of aromatic nitrogens is 1. The van der Waals surface area contributed by atoms with E-state index in [1.165, 1.54) is 5.56 Å². The predicted octanol–water partition coefficient (Wildman–Crippen LogP) is 2.70. The summed E-state index contributed by atoms with van der Waals surface area (Å²) in [4.78, 5) is 29.2. The van der Waals surface area contributed by atoms with Gasteiger partial charge >= 0.3 is 12.0 Å². The third kappa shape index (κ3) is 4.41. The van der Waals surface area contributed by atoms with Crippen molar-refractivity contribution in [1.82, 2.24) is 15.2 Å². The van der Waals surface area contributed by atoms with Crippen molar-refractivity contribution in [2.75, 3.05) is 19.6 Å². The molecule has 0 saturated carbocycles. The Morgan fingerprint density at radius 3 is 2.62 bits per heavy atom. The Morgan fingerprint density at radius 1 is 1.27 bits per heavy atom. The van der Waals surface area contributed by atoms with Gasteiger partial charge in [-0.05, 0) is 31.9 Å². The highest BCUT2D eigenvalue weighted by atomic mass is 16.4. The number of aliphatic carboxylic acids is 1. The molecule has 0 radical (unpaired) electrons. The summed E-state index contributed by atoms with van der Waals surface area (Å²) in [6.07, 6.45) is 3.20. The molecule has 0 unspecified atom stereocenters. The van der Waals surface area contributed by atoms with Crippen LogP contribution in [-0.4, -0.2) is 46.6 Å². The molecule has 2 aromatic rings. The molecule has 1 saturated heterocycles. The van der Waals surface area contributed by atoms with Crippen molar-refractivity contribution >= 4 is 12.0 Å². The van der Waals surface area contributed by atoms with E-state index in [0.717, 1.165) is 11.3 Å². The number of hydrogen-bond acceptors (Lipinski definition) is 4. The first kappa shape index (κ1) is 18.0. The number of carboxylic acid groups (broad SMARTS) is 1. The van der Waals surface area contributed by atoms with Crippen LogP contribution in [0.4, 0.5) is 4.79 Å². The van der Waals surface area contributed by atoms with Crippen molar-refractivity contribution in [1.29, 1.82) is 0 Å². The van der Waals surface area contributed by atoms with E-state index in [-0.39, 0.29) is 11.9 Å². The van der Waals surface area contributed by atoms with Crippen molar-refractivity contribution in [3.05, 3.63) is 41.8 Å². The Hall–Kier alpha value is -2.83. The van der Waals surface area contributed by atoms with Gasteiger partial charge in [-0.1, -0.05) is 17.7 Å². The number of carbonyl (C=O) groups excluding carboxylic acids is 1. The van der Waals surface area contributed by atoms with Gasteiger partial charge in [-0.3, -0.25) is 4.79 Å². The molecular formula is C19H23N3O4. The molecule has 26 heavy (non-hydrogen) atoms. The van der Waals surface area contributed by atoms with Gasteiger partial charge in [0.05, 0.1) is 11.6 Å². The van der Waals surface area contributed by atoms with Crippen LogP contribution < -0.4 is 5.32 Å². The number of nitrogens with zero attached hydrogens (tertiary/aromatic N) is 2. The molecule has 0 aliphatic carbocycles. The van der Waals surface area contributed by atoms with Gasteiger partial charge in [-0.25, -0.2) is 9.78 Å². The molecule has 2 amide bonds. The van der Waals surface area contributed by atoms with Gasteiger partial charge in [0.15, 0.2) is 0 Å². The lowest BCUT2D eigenvalue weighted by Gasteiger charge is -2.30. The molecule has 0 bridgehead atoms. The van der Waals surface area contributed by atoms with Crippen molar-refractivity contribution in [3.8, 4) is 11.5 Å². The number of likely N-dealkylation sites (tertiary alicyclic amines) is 1. The molecule has 1 aromatic carbocycles. The number of piperidine rings is 1. The number of carbonyl (C=O) groups is 2. The van der Waals surface area contributed by atoms with Crippen molar-refractivity contribution in [2.45, 2.75) is 26.2 Å². The van der Waals surface area contributed by atoms with Gasteiger partial charge in [0.25, 0.3) is 0 Å². The van der Waals surface area contributed by atoms with Crippen LogP contribution >= 0.6 is 0 Å². The van der Waals surface area contributed by atoms with Gasteiger partial charge in [0.1, 0.15) is 6.26 Å². The van der Waals surface area contributed by atoms with Gasteiger partial charge in [-0.2, -0.15) is 0 Å². The summed E-state index contributed by atoms with van der Waals surface area (Å²) in [7, 11) is 0. The number of hydrogen-bond donors (Lipinski definition) is 2. The number of amides is 2. The average molecular weight is 357 g/mol. The van der Waals surface area contributed by atoms with Crippen LogP contribution in [0.1, 0.15) is 24.1 Å². The largest absolute Gasteiger partial charge is 0.481 e. The quantitative estimate of drug-likeness (QED) is 0.858. The lowest BCUT2D eigenvalue weighted by molar-refractivity contribution is -0.143. The minimum absolute atomic E-state index is 0.156. The summed E-state index contributed by atoms with van der Waals surface area (Å²) >= 11 is 0. The topological polar surface area (TPSA) is 95.7 Å². The second-order valence-electron chi connectivity index (χ2n) is 6.59. The van der Waals surface area contributed by atoms with Crippen LogP contribution in [-0.2, 0) is 11.2 Å². The fourth-order valence-electron chi connectivity index (χ4n) is 2.99. The van der Waals surface area contributed by atoms with Gasteiger partial charge in [-0.15, -0.1) is 0 Å². The number of nitrogens with one attached hydrogen (secondary N) is 1. The van der Waals surface area contributed by atoms with E-state index >= 15 is 0 Å². The summed E-state index contributed by atoms with van der Waals surface area (Å²) in [5, 5.41) is 11.9. The molecule has 7 heteroatoms. The zero-order valence-electron chi connectivity index (χ0n) is 14.8. The van der Waals surface area contributed by atoms with E-state index in [2.05, 4.69) is 10.3 Å². The first-order valence-corrected chi connectivity index (χ1v) is 8.80. The van der Waals surface area contributed by atoms with Gasteiger partial charge in [0, 0.05) is 31.6 Å². The fraction of sp³-hybridized carbons (Fsp3) is 0.421. The number of urea groups is 1. The minimum atomic E-state index is -0.777. The first-order valence-electron chi connectivity index (χ1n) is 8.80. The van der Waals surface area contributed by atoms with E-state index in [4.69, 9.17) is 9.52 Å². The molecular weight excluding hydrogens is 334 g/mol. The van der Waals surface area contributed by atoms with Crippen LogP contribution in [0, 0.1) is 12.8 Å².